The highest BCUT2D eigenvalue weighted by atomic mass is 16.2. The van der Waals surface area contributed by atoms with Crippen molar-refractivity contribution >= 4 is 11.8 Å². The minimum atomic E-state index is -0.154. The first kappa shape index (κ1) is 13.3. The van der Waals surface area contributed by atoms with Crippen molar-refractivity contribution in [1.29, 1.82) is 0 Å². The van der Waals surface area contributed by atoms with Crippen molar-refractivity contribution in [3.8, 4) is 0 Å². The summed E-state index contributed by atoms with van der Waals surface area (Å²) >= 11 is 0. The van der Waals surface area contributed by atoms with Crippen LogP contribution in [0.3, 0.4) is 0 Å². The van der Waals surface area contributed by atoms with Crippen LogP contribution < -0.4 is 0 Å². The normalized spacial score (nSPS) is 26.7. The average molecular weight is 291 g/mol. The third-order valence-corrected chi connectivity index (χ3v) is 4.92. The predicted molar refractivity (Wildman–Crippen MR) is 82.8 cm³/mol. The zero-order valence-electron chi connectivity index (χ0n) is 12.2. The van der Waals surface area contributed by atoms with Crippen LogP contribution in [0, 0.1) is 11.8 Å². The summed E-state index contributed by atoms with van der Waals surface area (Å²) in [5, 5.41) is 0. The Morgan fingerprint density at radius 1 is 0.818 bits per heavy atom. The third kappa shape index (κ3) is 1.97. The summed E-state index contributed by atoms with van der Waals surface area (Å²) in [6.45, 7) is 0.396. The Bertz CT molecular complexity index is 711. The Morgan fingerprint density at radius 3 is 2.14 bits per heavy atom. The minimum Gasteiger partial charge on any atom is -0.278 e. The fourth-order valence-corrected chi connectivity index (χ4v) is 3.70. The molecule has 0 unspecified atom stereocenters. The second-order valence-corrected chi connectivity index (χ2v) is 6.13. The number of hydrogen-bond donors (Lipinski definition) is 0. The first-order valence-corrected chi connectivity index (χ1v) is 7.70. The molecule has 1 heterocycles. The zero-order valence-corrected chi connectivity index (χ0v) is 12.2. The second-order valence-electron chi connectivity index (χ2n) is 6.13. The van der Waals surface area contributed by atoms with E-state index < -0.39 is 0 Å². The molecule has 2 fully saturated rings. The van der Waals surface area contributed by atoms with Crippen molar-refractivity contribution < 1.29 is 9.59 Å². The Hall–Kier alpha value is -2.42. The molecule has 3 atom stereocenters. The topological polar surface area (TPSA) is 37.4 Å². The highest BCUT2D eigenvalue weighted by Crippen LogP contribution is 2.52. The van der Waals surface area contributed by atoms with E-state index in [1.54, 1.807) is 0 Å². The number of imide groups is 1. The molecule has 0 aromatic heterocycles. The van der Waals surface area contributed by atoms with E-state index >= 15 is 0 Å². The molecule has 4 rings (SSSR count). The van der Waals surface area contributed by atoms with E-state index in [0.29, 0.717) is 6.54 Å². The molecule has 0 bridgehead atoms. The Balaban J connectivity index is 1.56. The van der Waals surface area contributed by atoms with E-state index in [1.165, 1.54) is 10.5 Å². The van der Waals surface area contributed by atoms with Gasteiger partial charge in [0.25, 0.3) is 0 Å². The lowest BCUT2D eigenvalue weighted by Crippen LogP contribution is -2.37. The van der Waals surface area contributed by atoms with Gasteiger partial charge in [0.05, 0.1) is 18.4 Å². The molecule has 0 N–H and O–H groups in total. The predicted octanol–water partition coefficient (Wildman–Crippen LogP) is 2.98. The Kier molecular flexibility index (Phi) is 3.07. The molecule has 110 valence electrons. The van der Waals surface area contributed by atoms with Crippen molar-refractivity contribution in [3.63, 3.8) is 0 Å². The van der Waals surface area contributed by atoms with Gasteiger partial charge in [0.15, 0.2) is 0 Å². The van der Waals surface area contributed by atoms with Crippen LogP contribution in [0.4, 0.5) is 0 Å². The number of carbonyl (C=O) groups is 2. The van der Waals surface area contributed by atoms with Crippen molar-refractivity contribution in [3.05, 3.63) is 71.8 Å². The van der Waals surface area contributed by atoms with Crippen molar-refractivity contribution in [2.45, 2.75) is 18.9 Å². The standard InChI is InChI=1S/C19H17NO2/c21-18-16-11-15(14-9-5-2-6-10-14)17(16)19(22)20(18)12-13-7-3-1-4-8-13/h1-10,15-17H,11-12H2/t15-,16+,17-/m1/s1. The molecule has 3 nitrogen and oxygen atoms in total. The number of likely N-dealkylation sites (tertiary alicyclic amines) is 1. The average Bonchev–Trinajstić information content (AvgIpc) is 2.69. The summed E-state index contributed by atoms with van der Waals surface area (Å²) in [7, 11) is 0. The highest BCUT2D eigenvalue weighted by Gasteiger charge is 2.58. The number of benzene rings is 2. The Morgan fingerprint density at radius 2 is 1.45 bits per heavy atom. The van der Waals surface area contributed by atoms with Gasteiger partial charge in [0.2, 0.25) is 11.8 Å². The van der Waals surface area contributed by atoms with E-state index in [0.717, 1.165) is 12.0 Å². The number of rotatable bonds is 3. The fraction of sp³-hybridized carbons (Fsp3) is 0.263. The molecule has 3 heteroatoms. The number of amides is 2. The van der Waals surface area contributed by atoms with Crippen LogP contribution >= 0.6 is 0 Å². The first-order valence-electron chi connectivity index (χ1n) is 7.70. The summed E-state index contributed by atoms with van der Waals surface area (Å²) in [5.41, 5.74) is 2.17. The summed E-state index contributed by atoms with van der Waals surface area (Å²) in [5.74, 6) is -0.0616. The van der Waals surface area contributed by atoms with Gasteiger partial charge in [-0.2, -0.15) is 0 Å². The molecule has 1 aliphatic carbocycles. The maximum absolute atomic E-state index is 12.7. The maximum Gasteiger partial charge on any atom is 0.234 e. The van der Waals surface area contributed by atoms with Gasteiger partial charge in [-0.05, 0) is 23.5 Å². The van der Waals surface area contributed by atoms with Crippen molar-refractivity contribution in [2.75, 3.05) is 0 Å². The van der Waals surface area contributed by atoms with Gasteiger partial charge in [0.1, 0.15) is 0 Å². The lowest BCUT2D eigenvalue weighted by molar-refractivity contribution is -0.140. The van der Waals surface area contributed by atoms with Crippen molar-refractivity contribution in [1.82, 2.24) is 4.90 Å². The number of hydrogen-bond acceptors (Lipinski definition) is 2. The smallest absolute Gasteiger partial charge is 0.234 e. The molecule has 1 saturated carbocycles. The van der Waals surface area contributed by atoms with E-state index in [9.17, 15) is 9.59 Å². The molecular weight excluding hydrogens is 274 g/mol. The van der Waals surface area contributed by atoms with E-state index in [1.807, 2.05) is 48.5 Å². The lowest BCUT2D eigenvalue weighted by Gasteiger charge is -2.36. The summed E-state index contributed by atoms with van der Waals surface area (Å²) in [6.07, 6.45) is 0.796. The largest absolute Gasteiger partial charge is 0.278 e. The molecule has 1 aliphatic heterocycles. The van der Waals surface area contributed by atoms with Crippen LogP contribution in [0.15, 0.2) is 60.7 Å². The molecule has 0 radical (unpaired) electrons. The molecule has 2 aromatic carbocycles. The van der Waals surface area contributed by atoms with Crippen LogP contribution in [0.2, 0.25) is 0 Å². The van der Waals surface area contributed by atoms with E-state index in [-0.39, 0.29) is 29.6 Å². The van der Waals surface area contributed by atoms with Crippen LogP contribution in [-0.4, -0.2) is 16.7 Å². The molecule has 2 aliphatic rings. The van der Waals surface area contributed by atoms with Crippen LogP contribution in [0.5, 0.6) is 0 Å². The summed E-state index contributed by atoms with van der Waals surface area (Å²) < 4.78 is 0. The summed E-state index contributed by atoms with van der Waals surface area (Å²) in [6, 6.07) is 19.8. The van der Waals surface area contributed by atoms with Gasteiger partial charge in [-0.1, -0.05) is 60.7 Å². The van der Waals surface area contributed by atoms with Gasteiger partial charge >= 0.3 is 0 Å². The lowest BCUT2D eigenvalue weighted by atomic mass is 9.63. The monoisotopic (exact) mass is 291 g/mol. The van der Waals surface area contributed by atoms with Crippen LogP contribution in [0.25, 0.3) is 0 Å². The van der Waals surface area contributed by atoms with E-state index in [4.69, 9.17) is 0 Å². The van der Waals surface area contributed by atoms with Gasteiger partial charge in [0, 0.05) is 0 Å². The van der Waals surface area contributed by atoms with E-state index in [2.05, 4.69) is 12.1 Å². The van der Waals surface area contributed by atoms with Gasteiger partial charge in [-0.3, -0.25) is 14.5 Å². The number of fused-ring (bicyclic) bond motifs is 1. The van der Waals surface area contributed by atoms with Crippen molar-refractivity contribution in [2.24, 2.45) is 11.8 Å². The summed E-state index contributed by atoms with van der Waals surface area (Å²) in [4.78, 5) is 26.6. The number of nitrogens with zero attached hydrogens (tertiary/aromatic N) is 1. The SMILES string of the molecule is O=C1[C@H]2[C@H](C[C@@H]2c2ccccc2)C(=O)N1Cc1ccccc1. The van der Waals surface area contributed by atoms with Crippen LogP contribution in [-0.2, 0) is 16.1 Å². The quantitative estimate of drug-likeness (QED) is 0.815. The minimum absolute atomic E-state index is 0.000967. The molecule has 22 heavy (non-hydrogen) atoms. The van der Waals surface area contributed by atoms with Gasteiger partial charge in [-0.25, -0.2) is 0 Å². The molecular formula is C19H17NO2. The maximum atomic E-state index is 12.7. The van der Waals surface area contributed by atoms with Gasteiger partial charge < -0.3 is 0 Å². The Labute approximate surface area is 129 Å². The third-order valence-electron chi connectivity index (χ3n) is 4.92. The highest BCUT2D eigenvalue weighted by molar-refractivity contribution is 6.07. The molecule has 1 saturated heterocycles. The van der Waals surface area contributed by atoms with Gasteiger partial charge in [-0.15, -0.1) is 0 Å². The molecule has 0 spiro atoms. The molecule has 2 amide bonds. The van der Waals surface area contributed by atoms with Crippen LogP contribution in [0.1, 0.15) is 23.5 Å². The fourth-order valence-electron chi connectivity index (χ4n) is 3.70. The number of carbonyl (C=O) groups excluding carboxylic acids is 2. The zero-order chi connectivity index (χ0) is 15.1. The first-order chi connectivity index (χ1) is 10.8. The second kappa shape index (κ2) is 5.09. The molecule has 2 aromatic rings.